The summed E-state index contributed by atoms with van der Waals surface area (Å²) in [6, 6.07) is 8.12. The third-order valence-electron chi connectivity index (χ3n) is 1.56. The van der Waals surface area contributed by atoms with Crippen LogP contribution in [0.1, 0.15) is 10.4 Å². The van der Waals surface area contributed by atoms with Crippen LogP contribution >= 0.6 is 23.2 Å². The molecule has 0 aliphatic heterocycles. The van der Waals surface area contributed by atoms with E-state index in [0.29, 0.717) is 0 Å². The zero-order valence-corrected chi connectivity index (χ0v) is 9.16. The van der Waals surface area contributed by atoms with Gasteiger partial charge in [0.2, 0.25) is 0 Å². The van der Waals surface area contributed by atoms with Crippen LogP contribution in [0.3, 0.4) is 0 Å². The molecule has 5 heteroatoms. The van der Waals surface area contributed by atoms with Crippen molar-refractivity contribution in [3.8, 4) is 0 Å². The summed E-state index contributed by atoms with van der Waals surface area (Å²) in [5.41, 5.74) is 0.281. The van der Waals surface area contributed by atoms with Crippen molar-refractivity contribution in [2.45, 2.75) is 4.84 Å². The van der Waals surface area contributed by atoms with Gasteiger partial charge in [-0.2, -0.15) is 0 Å². The van der Waals surface area contributed by atoms with Gasteiger partial charge in [0.05, 0.1) is 0 Å². The Balaban J connectivity index is 2.58. The van der Waals surface area contributed by atoms with Crippen LogP contribution in [-0.2, 0) is 9.53 Å². The zero-order valence-electron chi connectivity index (χ0n) is 7.65. The van der Waals surface area contributed by atoms with E-state index in [-0.39, 0.29) is 12.2 Å². The van der Waals surface area contributed by atoms with E-state index in [1.807, 2.05) is 0 Å². The molecule has 1 rings (SSSR count). The SMILES string of the molecule is O=C(OCC(Cl)Cl)C(=O)c1ccccc1. The quantitative estimate of drug-likeness (QED) is 0.354. The monoisotopic (exact) mass is 246 g/mol. The van der Waals surface area contributed by atoms with E-state index in [2.05, 4.69) is 4.74 Å². The largest absolute Gasteiger partial charge is 0.457 e. The molecule has 0 unspecified atom stereocenters. The molecule has 0 aromatic heterocycles. The van der Waals surface area contributed by atoms with Crippen molar-refractivity contribution in [3.05, 3.63) is 35.9 Å². The second-order valence-corrected chi connectivity index (χ2v) is 3.96. The van der Waals surface area contributed by atoms with Crippen molar-refractivity contribution in [2.24, 2.45) is 0 Å². The summed E-state index contributed by atoms with van der Waals surface area (Å²) in [4.78, 5) is 21.7. The Morgan fingerprint density at radius 2 is 1.80 bits per heavy atom. The topological polar surface area (TPSA) is 43.4 Å². The lowest BCUT2D eigenvalue weighted by Crippen LogP contribution is -2.20. The first-order valence-corrected chi connectivity index (χ1v) is 5.03. The smallest absolute Gasteiger partial charge is 0.379 e. The third kappa shape index (κ3) is 3.90. The average molecular weight is 247 g/mol. The van der Waals surface area contributed by atoms with E-state index < -0.39 is 16.6 Å². The lowest BCUT2D eigenvalue weighted by atomic mass is 10.1. The number of hydrogen-bond donors (Lipinski definition) is 0. The maximum absolute atomic E-state index is 11.4. The normalized spacial score (nSPS) is 10.1. The van der Waals surface area contributed by atoms with Crippen LogP contribution in [0.15, 0.2) is 30.3 Å². The van der Waals surface area contributed by atoms with E-state index in [0.717, 1.165) is 0 Å². The highest BCUT2D eigenvalue weighted by atomic mass is 35.5. The van der Waals surface area contributed by atoms with E-state index in [1.54, 1.807) is 18.2 Å². The standard InChI is InChI=1S/C10H8Cl2O3/c11-8(12)6-15-10(14)9(13)7-4-2-1-3-5-7/h1-5,8H,6H2. The summed E-state index contributed by atoms with van der Waals surface area (Å²) in [7, 11) is 0. The maximum atomic E-state index is 11.4. The van der Waals surface area contributed by atoms with Crippen molar-refractivity contribution in [3.63, 3.8) is 0 Å². The highest BCUT2D eigenvalue weighted by molar-refractivity contribution is 6.45. The molecule has 0 radical (unpaired) electrons. The first-order chi connectivity index (χ1) is 7.11. The van der Waals surface area contributed by atoms with Crippen LogP contribution in [0.25, 0.3) is 0 Å². The van der Waals surface area contributed by atoms with Crippen LogP contribution in [0.2, 0.25) is 0 Å². The highest BCUT2D eigenvalue weighted by Crippen LogP contribution is 2.05. The number of carbonyl (C=O) groups excluding carboxylic acids is 2. The van der Waals surface area contributed by atoms with Gasteiger partial charge in [0, 0.05) is 5.56 Å². The molecule has 80 valence electrons. The molecule has 0 heterocycles. The zero-order chi connectivity index (χ0) is 11.3. The molecule has 0 amide bonds. The first-order valence-electron chi connectivity index (χ1n) is 4.16. The van der Waals surface area contributed by atoms with Gasteiger partial charge in [0.1, 0.15) is 11.4 Å². The molecular formula is C10H8Cl2O3. The molecule has 1 aromatic carbocycles. The minimum absolute atomic E-state index is 0.194. The predicted molar refractivity (Wildman–Crippen MR) is 57.2 cm³/mol. The van der Waals surface area contributed by atoms with Crippen molar-refractivity contribution >= 4 is 35.0 Å². The van der Waals surface area contributed by atoms with E-state index >= 15 is 0 Å². The Kier molecular flexibility index (Phi) is 4.59. The number of esters is 1. The Labute approximate surface area is 96.9 Å². The number of carbonyl (C=O) groups is 2. The van der Waals surface area contributed by atoms with Gasteiger partial charge in [-0.05, 0) is 0 Å². The van der Waals surface area contributed by atoms with Gasteiger partial charge < -0.3 is 4.74 Å². The molecule has 15 heavy (non-hydrogen) atoms. The highest BCUT2D eigenvalue weighted by Gasteiger charge is 2.18. The Bertz CT molecular complexity index is 349. The molecule has 0 saturated carbocycles. The second kappa shape index (κ2) is 5.73. The molecule has 0 aliphatic rings. The minimum atomic E-state index is -0.951. The maximum Gasteiger partial charge on any atom is 0.379 e. The summed E-state index contributed by atoms with van der Waals surface area (Å²) in [6.07, 6.45) is 0. The molecule has 0 fully saturated rings. The van der Waals surface area contributed by atoms with Gasteiger partial charge >= 0.3 is 5.97 Å². The number of alkyl halides is 2. The molecule has 0 atom stereocenters. The van der Waals surface area contributed by atoms with Gasteiger partial charge in [0.15, 0.2) is 0 Å². The number of rotatable bonds is 4. The molecular weight excluding hydrogens is 239 g/mol. The van der Waals surface area contributed by atoms with E-state index in [9.17, 15) is 9.59 Å². The number of benzene rings is 1. The molecule has 0 spiro atoms. The fourth-order valence-electron chi connectivity index (χ4n) is 0.912. The fourth-order valence-corrected chi connectivity index (χ4v) is 1.04. The predicted octanol–water partition coefficient (Wildman–Crippen LogP) is 2.22. The number of halogens is 2. The Morgan fingerprint density at radius 3 is 2.33 bits per heavy atom. The van der Waals surface area contributed by atoms with E-state index in [4.69, 9.17) is 23.2 Å². The van der Waals surface area contributed by atoms with Crippen LogP contribution in [0, 0.1) is 0 Å². The Morgan fingerprint density at radius 1 is 1.20 bits per heavy atom. The van der Waals surface area contributed by atoms with Crippen molar-refractivity contribution < 1.29 is 14.3 Å². The summed E-state index contributed by atoms with van der Waals surface area (Å²) in [6.45, 7) is -0.194. The summed E-state index contributed by atoms with van der Waals surface area (Å²) >= 11 is 10.7. The van der Waals surface area contributed by atoms with Crippen LogP contribution in [0.4, 0.5) is 0 Å². The molecule has 1 aromatic rings. The van der Waals surface area contributed by atoms with Gasteiger partial charge in [-0.1, -0.05) is 30.3 Å². The fraction of sp³-hybridized carbons (Fsp3) is 0.200. The van der Waals surface area contributed by atoms with Gasteiger partial charge in [-0.15, -0.1) is 23.2 Å². The van der Waals surface area contributed by atoms with Gasteiger partial charge in [-0.3, -0.25) is 4.79 Å². The number of Topliss-reactive ketones (excluding diaryl/α,β-unsaturated/α-hetero) is 1. The lowest BCUT2D eigenvalue weighted by molar-refractivity contribution is -0.137. The van der Waals surface area contributed by atoms with Gasteiger partial charge in [-0.25, -0.2) is 4.79 Å². The molecule has 0 N–H and O–H groups in total. The van der Waals surface area contributed by atoms with Crippen molar-refractivity contribution in [1.29, 1.82) is 0 Å². The lowest BCUT2D eigenvalue weighted by Gasteiger charge is -2.03. The number of hydrogen-bond acceptors (Lipinski definition) is 3. The van der Waals surface area contributed by atoms with Crippen LogP contribution in [-0.4, -0.2) is 23.2 Å². The van der Waals surface area contributed by atoms with Crippen molar-refractivity contribution in [1.82, 2.24) is 0 Å². The minimum Gasteiger partial charge on any atom is -0.457 e. The van der Waals surface area contributed by atoms with Gasteiger partial charge in [0.25, 0.3) is 5.78 Å². The molecule has 0 aliphatic carbocycles. The second-order valence-electron chi connectivity index (χ2n) is 2.68. The first kappa shape index (κ1) is 12.0. The van der Waals surface area contributed by atoms with E-state index in [1.165, 1.54) is 12.1 Å². The Hall–Kier alpha value is -1.06. The average Bonchev–Trinajstić information content (AvgIpc) is 2.26. The van der Waals surface area contributed by atoms with Crippen LogP contribution < -0.4 is 0 Å². The third-order valence-corrected chi connectivity index (χ3v) is 1.81. The van der Waals surface area contributed by atoms with Crippen LogP contribution in [0.5, 0.6) is 0 Å². The molecule has 0 bridgehead atoms. The summed E-state index contributed by atoms with van der Waals surface area (Å²) in [5.74, 6) is -1.66. The van der Waals surface area contributed by atoms with Crippen molar-refractivity contribution in [2.75, 3.05) is 6.61 Å². The number of ether oxygens (including phenoxy) is 1. The summed E-state index contributed by atoms with van der Waals surface area (Å²) in [5, 5.41) is 0. The molecule has 3 nitrogen and oxygen atoms in total. The number of ketones is 1. The summed E-state index contributed by atoms with van der Waals surface area (Å²) < 4.78 is 4.57. The molecule has 0 saturated heterocycles.